The molecule has 0 aromatic carbocycles. The zero-order chi connectivity index (χ0) is 11.5. The highest BCUT2D eigenvalue weighted by Crippen LogP contribution is 1.94. The molecule has 88 valence electrons. The fourth-order valence-corrected chi connectivity index (χ4v) is 0.952. The van der Waals surface area contributed by atoms with Crippen LogP contribution < -0.4 is 5.32 Å². The van der Waals surface area contributed by atoms with E-state index in [1.54, 1.807) is 0 Å². The Morgan fingerprint density at radius 1 is 1.27 bits per heavy atom. The number of hydrogen-bond acceptors (Lipinski definition) is 3. The summed E-state index contributed by atoms with van der Waals surface area (Å²) in [7, 11) is 0. The summed E-state index contributed by atoms with van der Waals surface area (Å²) >= 11 is 0. The molecule has 0 radical (unpaired) electrons. The normalized spacial score (nSPS) is 9.67. The van der Waals surface area contributed by atoms with Gasteiger partial charge in [0.2, 0.25) is 0 Å². The highest BCUT2D eigenvalue weighted by atomic mass is 16.5. The van der Waals surface area contributed by atoms with Gasteiger partial charge in [-0.15, -0.1) is 0 Å². The summed E-state index contributed by atoms with van der Waals surface area (Å²) in [5.74, 6) is -0.805. The number of alkyl carbamates (subject to hydrolysis) is 1. The standard InChI is InChI=1S/C10H19NO4/c1-2-3-8-15-10(14)11-7-5-4-6-9(12)13/h2-8H2,1H3,(H,11,14)(H,12,13). The molecule has 0 aromatic heterocycles. The molecule has 0 atom stereocenters. The predicted octanol–water partition coefficient (Wildman–Crippen LogP) is 1.77. The largest absolute Gasteiger partial charge is 0.481 e. The van der Waals surface area contributed by atoms with Crippen molar-refractivity contribution in [2.24, 2.45) is 0 Å². The van der Waals surface area contributed by atoms with Crippen molar-refractivity contribution in [3.8, 4) is 0 Å². The second-order valence-electron chi connectivity index (χ2n) is 3.27. The van der Waals surface area contributed by atoms with Crippen molar-refractivity contribution in [1.29, 1.82) is 0 Å². The fourth-order valence-electron chi connectivity index (χ4n) is 0.952. The van der Waals surface area contributed by atoms with Crippen LogP contribution in [0.15, 0.2) is 0 Å². The van der Waals surface area contributed by atoms with Crippen molar-refractivity contribution in [2.45, 2.75) is 39.0 Å². The Labute approximate surface area is 89.8 Å². The summed E-state index contributed by atoms with van der Waals surface area (Å²) in [4.78, 5) is 21.1. The summed E-state index contributed by atoms with van der Waals surface area (Å²) < 4.78 is 4.84. The molecule has 1 amide bonds. The van der Waals surface area contributed by atoms with E-state index in [9.17, 15) is 9.59 Å². The molecule has 0 aliphatic heterocycles. The van der Waals surface area contributed by atoms with E-state index in [-0.39, 0.29) is 6.42 Å². The number of carboxylic acid groups (broad SMARTS) is 1. The number of carbonyl (C=O) groups excluding carboxylic acids is 1. The average molecular weight is 217 g/mol. The molecule has 15 heavy (non-hydrogen) atoms. The van der Waals surface area contributed by atoms with Gasteiger partial charge in [0.05, 0.1) is 6.61 Å². The first-order valence-electron chi connectivity index (χ1n) is 5.29. The van der Waals surface area contributed by atoms with E-state index >= 15 is 0 Å². The molecular weight excluding hydrogens is 198 g/mol. The monoisotopic (exact) mass is 217 g/mol. The lowest BCUT2D eigenvalue weighted by atomic mass is 10.2. The first-order chi connectivity index (χ1) is 7.16. The van der Waals surface area contributed by atoms with Crippen molar-refractivity contribution >= 4 is 12.1 Å². The fraction of sp³-hybridized carbons (Fsp3) is 0.800. The SMILES string of the molecule is CCCCOC(=O)NCCCCC(=O)O. The van der Waals surface area contributed by atoms with Gasteiger partial charge in [-0.3, -0.25) is 4.79 Å². The van der Waals surface area contributed by atoms with Crippen molar-refractivity contribution in [3.63, 3.8) is 0 Å². The smallest absolute Gasteiger partial charge is 0.407 e. The summed E-state index contributed by atoms with van der Waals surface area (Å²) in [6.07, 6.45) is 2.82. The maximum absolute atomic E-state index is 11.0. The number of carboxylic acids is 1. The van der Waals surface area contributed by atoms with Crippen LogP contribution in [0.3, 0.4) is 0 Å². The predicted molar refractivity (Wildman–Crippen MR) is 55.7 cm³/mol. The van der Waals surface area contributed by atoms with Gasteiger partial charge in [-0.2, -0.15) is 0 Å². The van der Waals surface area contributed by atoms with E-state index in [1.165, 1.54) is 0 Å². The van der Waals surface area contributed by atoms with Crippen molar-refractivity contribution in [3.05, 3.63) is 0 Å². The van der Waals surface area contributed by atoms with E-state index < -0.39 is 12.1 Å². The van der Waals surface area contributed by atoms with E-state index in [4.69, 9.17) is 9.84 Å². The van der Waals surface area contributed by atoms with Crippen LogP contribution in [0.2, 0.25) is 0 Å². The summed E-state index contributed by atoms with van der Waals surface area (Å²) in [6, 6.07) is 0. The molecule has 5 heteroatoms. The topological polar surface area (TPSA) is 75.6 Å². The van der Waals surface area contributed by atoms with Gasteiger partial charge in [0.15, 0.2) is 0 Å². The first kappa shape index (κ1) is 13.7. The molecule has 0 saturated heterocycles. The van der Waals surface area contributed by atoms with Crippen LogP contribution in [0.25, 0.3) is 0 Å². The number of carbonyl (C=O) groups is 2. The van der Waals surface area contributed by atoms with E-state index in [1.807, 2.05) is 6.92 Å². The highest BCUT2D eigenvalue weighted by molar-refractivity contribution is 5.67. The molecule has 0 rings (SSSR count). The van der Waals surface area contributed by atoms with Gasteiger partial charge in [0.25, 0.3) is 0 Å². The lowest BCUT2D eigenvalue weighted by Gasteiger charge is -2.05. The minimum Gasteiger partial charge on any atom is -0.481 e. The number of aliphatic carboxylic acids is 1. The Morgan fingerprint density at radius 2 is 2.00 bits per heavy atom. The molecule has 0 heterocycles. The van der Waals surface area contributed by atoms with Gasteiger partial charge >= 0.3 is 12.1 Å². The third kappa shape index (κ3) is 10.7. The Bertz CT molecular complexity index is 194. The number of rotatable bonds is 8. The second kappa shape index (κ2) is 9.30. The lowest BCUT2D eigenvalue weighted by molar-refractivity contribution is -0.137. The molecule has 0 spiro atoms. The number of amides is 1. The van der Waals surface area contributed by atoms with Crippen LogP contribution in [-0.2, 0) is 9.53 Å². The minimum absolute atomic E-state index is 0.145. The Morgan fingerprint density at radius 3 is 2.60 bits per heavy atom. The number of ether oxygens (including phenoxy) is 1. The highest BCUT2D eigenvalue weighted by Gasteiger charge is 2.00. The minimum atomic E-state index is -0.805. The van der Waals surface area contributed by atoms with Gasteiger partial charge in [0, 0.05) is 13.0 Å². The van der Waals surface area contributed by atoms with Gasteiger partial charge < -0.3 is 15.2 Å². The van der Waals surface area contributed by atoms with E-state index in [0.717, 1.165) is 12.8 Å². The van der Waals surface area contributed by atoms with Crippen LogP contribution in [0.1, 0.15) is 39.0 Å². The third-order valence-corrected chi connectivity index (χ3v) is 1.82. The molecule has 0 aliphatic rings. The number of unbranched alkanes of at least 4 members (excludes halogenated alkanes) is 2. The van der Waals surface area contributed by atoms with Crippen LogP contribution in [0, 0.1) is 0 Å². The van der Waals surface area contributed by atoms with E-state index in [0.29, 0.717) is 26.0 Å². The molecular formula is C10H19NO4. The first-order valence-corrected chi connectivity index (χ1v) is 5.29. The van der Waals surface area contributed by atoms with Crippen molar-refractivity contribution in [2.75, 3.05) is 13.2 Å². The van der Waals surface area contributed by atoms with Gasteiger partial charge in [0.1, 0.15) is 0 Å². The Balaban J connectivity index is 3.20. The molecule has 0 aromatic rings. The zero-order valence-corrected chi connectivity index (χ0v) is 9.12. The second-order valence-corrected chi connectivity index (χ2v) is 3.27. The zero-order valence-electron chi connectivity index (χ0n) is 9.12. The average Bonchev–Trinajstić information content (AvgIpc) is 2.17. The maximum Gasteiger partial charge on any atom is 0.407 e. The van der Waals surface area contributed by atoms with Gasteiger partial charge in [-0.05, 0) is 19.3 Å². The Kier molecular flexibility index (Phi) is 8.52. The maximum atomic E-state index is 11.0. The molecule has 0 aliphatic carbocycles. The summed E-state index contributed by atoms with van der Waals surface area (Å²) in [5, 5.41) is 10.9. The summed E-state index contributed by atoms with van der Waals surface area (Å²) in [5.41, 5.74) is 0. The van der Waals surface area contributed by atoms with Crippen LogP contribution in [0.4, 0.5) is 4.79 Å². The van der Waals surface area contributed by atoms with Crippen LogP contribution in [0.5, 0.6) is 0 Å². The quantitative estimate of drug-likeness (QED) is 0.607. The molecule has 5 nitrogen and oxygen atoms in total. The Hall–Kier alpha value is -1.26. The van der Waals surface area contributed by atoms with Crippen LogP contribution >= 0.6 is 0 Å². The van der Waals surface area contributed by atoms with Crippen molar-refractivity contribution < 1.29 is 19.4 Å². The molecule has 0 fully saturated rings. The molecule has 0 bridgehead atoms. The summed E-state index contributed by atoms with van der Waals surface area (Å²) in [6.45, 7) is 2.93. The van der Waals surface area contributed by atoms with Crippen LogP contribution in [-0.4, -0.2) is 30.3 Å². The number of nitrogens with one attached hydrogen (secondary N) is 1. The van der Waals surface area contributed by atoms with Crippen molar-refractivity contribution in [1.82, 2.24) is 5.32 Å². The molecule has 0 saturated carbocycles. The lowest BCUT2D eigenvalue weighted by Crippen LogP contribution is -2.25. The van der Waals surface area contributed by atoms with E-state index in [2.05, 4.69) is 5.32 Å². The van der Waals surface area contributed by atoms with Gasteiger partial charge in [-0.25, -0.2) is 4.79 Å². The molecule has 0 unspecified atom stereocenters. The molecule has 2 N–H and O–H groups in total. The third-order valence-electron chi connectivity index (χ3n) is 1.82. The number of hydrogen-bond donors (Lipinski definition) is 2. The van der Waals surface area contributed by atoms with Gasteiger partial charge in [-0.1, -0.05) is 13.3 Å².